The second-order valence-corrected chi connectivity index (χ2v) is 7.84. The molecule has 1 aliphatic rings. The molecule has 27 heavy (non-hydrogen) atoms. The Morgan fingerprint density at radius 3 is 2.52 bits per heavy atom. The van der Waals surface area contributed by atoms with Gasteiger partial charge in [-0.05, 0) is 57.5 Å². The van der Waals surface area contributed by atoms with Crippen molar-refractivity contribution in [2.75, 3.05) is 40.3 Å². The molecule has 0 aromatic heterocycles. The molecule has 150 valence electrons. The van der Waals surface area contributed by atoms with Gasteiger partial charge in [0.05, 0.1) is 19.1 Å². The fourth-order valence-electron chi connectivity index (χ4n) is 3.56. The van der Waals surface area contributed by atoms with Crippen molar-refractivity contribution >= 4 is 23.5 Å². The second-order valence-electron chi connectivity index (χ2n) is 7.40. The molecule has 1 aromatic rings. The highest BCUT2D eigenvalue weighted by Crippen LogP contribution is 2.22. The molecule has 1 saturated heterocycles. The number of likely N-dealkylation sites (N-methyl/N-ethyl adjacent to an activating group) is 2. The average Bonchev–Trinajstić information content (AvgIpc) is 2.86. The molecule has 1 heterocycles. The molecule has 0 spiro atoms. The van der Waals surface area contributed by atoms with Crippen LogP contribution in [0.25, 0.3) is 0 Å². The van der Waals surface area contributed by atoms with Crippen LogP contribution in [0.5, 0.6) is 0 Å². The van der Waals surface area contributed by atoms with E-state index in [4.69, 9.17) is 16.7 Å². The zero-order chi connectivity index (χ0) is 20.0. The van der Waals surface area contributed by atoms with Crippen molar-refractivity contribution in [2.24, 2.45) is 0 Å². The summed E-state index contributed by atoms with van der Waals surface area (Å²) in [5, 5.41) is 9.66. The van der Waals surface area contributed by atoms with Crippen molar-refractivity contribution in [1.82, 2.24) is 14.7 Å². The number of likely N-dealkylation sites (tertiary alicyclic amines) is 1. The Hall–Kier alpha value is -1.63. The number of aliphatic carboxylic acids is 1. The van der Waals surface area contributed by atoms with Crippen LogP contribution in [0.2, 0.25) is 5.02 Å². The standard InChI is InChI=1S/C20H30ClN3O3/c1-15(16-6-8-17(21)9-7-16)23(3)19(25)13-24-11-4-5-18(10-12-24)22(2)14-20(26)27/h6-9,15,18H,4-5,10-14H2,1-3H3,(H,26,27). The average molecular weight is 396 g/mol. The number of amides is 1. The number of benzene rings is 1. The van der Waals surface area contributed by atoms with Crippen molar-refractivity contribution in [1.29, 1.82) is 0 Å². The normalized spacial score (nSPS) is 19.5. The summed E-state index contributed by atoms with van der Waals surface area (Å²) in [5.74, 6) is -0.707. The summed E-state index contributed by atoms with van der Waals surface area (Å²) in [5.41, 5.74) is 1.06. The molecule has 0 aliphatic carbocycles. The highest BCUT2D eigenvalue weighted by molar-refractivity contribution is 6.30. The van der Waals surface area contributed by atoms with Gasteiger partial charge in [-0.15, -0.1) is 0 Å². The maximum absolute atomic E-state index is 12.7. The van der Waals surface area contributed by atoms with Gasteiger partial charge in [-0.1, -0.05) is 23.7 Å². The van der Waals surface area contributed by atoms with Crippen molar-refractivity contribution in [2.45, 2.75) is 38.3 Å². The van der Waals surface area contributed by atoms with E-state index in [1.807, 2.05) is 50.2 Å². The Morgan fingerprint density at radius 2 is 1.89 bits per heavy atom. The first-order chi connectivity index (χ1) is 12.8. The van der Waals surface area contributed by atoms with Crippen molar-refractivity contribution < 1.29 is 14.7 Å². The number of rotatable bonds is 7. The monoisotopic (exact) mass is 395 g/mol. The van der Waals surface area contributed by atoms with Crippen LogP contribution in [0.4, 0.5) is 0 Å². The second kappa shape index (κ2) is 10.1. The first-order valence-corrected chi connectivity index (χ1v) is 9.81. The third-order valence-electron chi connectivity index (χ3n) is 5.48. The molecule has 2 atom stereocenters. The molecule has 0 radical (unpaired) electrons. The van der Waals surface area contributed by atoms with E-state index in [-0.39, 0.29) is 24.5 Å². The number of carboxylic acids is 1. The zero-order valence-electron chi connectivity index (χ0n) is 16.4. The van der Waals surface area contributed by atoms with Gasteiger partial charge in [-0.3, -0.25) is 19.4 Å². The number of hydrogen-bond donors (Lipinski definition) is 1. The first-order valence-electron chi connectivity index (χ1n) is 9.43. The highest BCUT2D eigenvalue weighted by Gasteiger charge is 2.24. The molecular formula is C20H30ClN3O3. The molecule has 0 saturated carbocycles. The predicted molar refractivity (Wildman–Crippen MR) is 107 cm³/mol. The quantitative estimate of drug-likeness (QED) is 0.769. The van der Waals surface area contributed by atoms with Crippen molar-refractivity contribution in [3.63, 3.8) is 0 Å². The summed E-state index contributed by atoms with van der Waals surface area (Å²) in [7, 11) is 3.70. The molecule has 7 heteroatoms. The Kier molecular flexibility index (Phi) is 8.07. The van der Waals surface area contributed by atoms with E-state index in [1.165, 1.54) is 0 Å². The van der Waals surface area contributed by atoms with Crippen LogP contribution in [0.3, 0.4) is 0 Å². The van der Waals surface area contributed by atoms with Gasteiger partial charge in [0.15, 0.2) is 0 Å². The molecule has 1 fully saturated rings. The fourth-order valence-corrected chi connectivity index (χ4v) is 3.69. The minimum absolute atomic E-state index is 0.0174. The van der Waals surface area contributed by atoms with E-state index >= 15 is 0 Å². The first kappa shape index (κ1) is 21.7. The van der Waals surface area contributed by atoms with Crippen molar-refractivity contribution in [3.05, 3.63) is 34.9 Å². The van der Waals surface area contributed by atoms with Gasteiger partial charge in [0.2, 0.25) is 5.91 Å². The number of nitrogens with zero attached hydrogens (tertiary/aromatic N) is 3. The maximum Gasteiger partial charge on any atom is 0.317 e. The van der Waals surface area contributed by atoms with Gasteiger partial charge in [0.1, 0.15) is 0 Å². The van der Waals surface area contributed by atoms with E-state index in [9.17, 15) is 9.59 Å². The lowest BCUT2D eigenvalue weighted by Crippen LogP contribution is -2.40. The smallest absolute Gasteiger partial charge is 0.317 e. The third-order valence-corrected chi connectivity index (χ3v) is 5.74. The Bertz CT molecular complexity index is 638. The Morgan fingerprint density at radius 1 is 1.22 bits per heavy atom. The lowest BCUT2D eigenvalue weighted by molar-refractivity contribution is -0.138. The van der Waals surface area contributed by atoms with E-state index in [2.05, 4.69) is 4.90 Å². The van der Waals surface area contributed by atoms with Crippen LogP contribution < -0.4 is 0 Å². The fraction of sp³-hybridized carbons (Fsp3) is 0.600. The number of halogens is 1. The molecule has 1 aliphatic heterocycles. The summed E-state index contributed by atoms with van der Waals surface area (Å²) >= 11 is 5.94. The summed E-state index contributed by atoms with van der Waals surface area (Å²) in [4.78, 5) is 29.5. The topological polar surface area (TPSA) is 64.1 Å². The molecule has 0 bridgehead atoms. The SMILES string of the molecule is CC(c1ccc(Cl)cc1)N(C)C(=O)CN1CCCC(N(C)CC(=O)O)CC1. The number of hydrogen-bond acceptors (Lipinski definition) is 4. The van der Waals surface area contributed by atoms with E-state index in [0.29, 0.717) is 11.6 Å². The number of carbonyl (C=O) groups excluding carboxylic acids is 1. The van der Waals surface area contributed by atoms with Crippen LogP contribution >= 0.6 is 11.6 Å². The molecular weight excluding hydrogens is 366 g/mol. The largest absolute Gasteiger partial charge is 0.480 e. The lowest BCUT2D eigenvalue weighted by atomic mass is 10.1. The molecule has 6 nitrogen and oxygen atoms in total. The molecule has 2 rings (SSSR count). The minimum Gasteiger partial charge on any atom is -0.480 e. The Labute approximate surface area is 166 Å². The van der Waals surface area contributed by atoms with Gasteiger partial charge in [0.25, 0.3) is 0 Å². The number of carbonyl (C=O) groups is 2. The van der Waals surface area contributed by atoms with E-state index in [1.54, 1.807) is 4.90 Å². The van der Waals surface area contributed by atoms with Gasteiger partial charge >= 0.3 is 5.97 Å². The predicted octanol–water partition coefficient (Wildman–Crippen LogP) is 2.73. The molecule has 1 N–H and O–H groups in total. The maximum atomic E-state index is 12.7. The summed E-state index contributed by atoms with van der Waals surface area (Å²) in [6.07, 6.45) is 2.82. The molecule has 1 aromatic carbocycles. The van der Waals surface area contributed by atoms with Gasteiger partial charge < -0.3 is 10.0 Å². The van der Waals surface area contributed by atoms with Crippen LogP contribution in [0, 0.1) is 0 Å². The summed E-state index contributed by atoms with van der Waals surface area (Å²) in [6.45, 7) is 4.14. The number of carboxylic acid groups (broad SMARTS) is 1. The van der Waals surface area contributed by atoms with Crippen LogP contribution in [-0.4, -0.2) is 78.0 Å². The highest BCUT2D eigenvalue weighted by atomic mass is 35.5. The van der Waals surface area contributed by atoms with Crippen molar-refractivity contribution in [3.8, 4) is 0 Å². The van der Waals surface area contributed by atoms with E-state index in [0.717, 1.165) is 37.9 Å². The third kappa shape index (κ3) is 6.48. The van der Waals surface area contributed by atoms with Crippen LogP contribution in [-0.2, 0) is 9.59 Å². The van der Waals surface area contributed by atoms with Gasteiger partial charge in [-0.25, -0.2) is 0 Å². The summed E-state index contributed by atoms with van der Waals surface area (Å²) < 4.78 is 0. The Balaban J connectivity index is 1.87. The van der Waals surface area contributed by atoms with Gasteiger partial charge in [0, 0.05) is 24.7 Å². The minimum atomic E-state index is -0.799. The summed E-state index contributed by atoms with van der Waals surface area (Å²) in [6, 6.07) is 7.82. The van der Waals surface area contributed by atoms with Crippen LogP contribution in [0.15, 0.2) is 24.3 Å². The van der Waals surface area contributed by atoms with E-state index < -0.39 is 5.97 Å². The van der Waals surface area contributed by atoms with Gasteiger partial charge in [-0.2, -0.15) is 0 Å². The zero-order valence-corrected chi connectivity index (χ0v) is 17.2. The van der Waals surface area contributed by atoms with Crippen LogP contribution in [0.1, 0.15) is 37.8 Å². The molecule has 1 amide bonds. The lowest BCUT2D eigenvalue weighted by Gasteiger charge is -2.29. The molecule has 2 unspecified atom stereocenters.